The van der Waals surface area contributed by atoms with Gasteiger partial charge in [-0.15, -0.1) is 0 Å². The molecule has 0 radical (unpaired) electrons. The van der Waals surface area contributed by atoms with Crippen molar-refractivity contribution >= 4 is 18.0 Å². The zero-order valence-electron chi connectivity index (χ0n) is 20.7. The van der Waals surface area contributed by atoms with Crippen molar-refractivity contribution in [3.05, 3.63) is 70.8 Å². The van der Waals surface area contributed by atoms with Crippen LogP contribution in [0.25, 0.3) is 0 Å². The Morgan fingerprint density at radius 2 is 1.35 bits per heavy atom. The van der Waals surface area contributed by atoms with Gasteiger partial charge in [0.1, 0.15) is 11.6 Å². The number of amides is 2. The second kappa shape index (κ2) is 10.9. The van der Waals surface area contributed by atoms with Gasteiger partial charge in [0.25, 0.3) is 5.91 Å². The van der Waals surface area contributed by atoms with Crippen LogP contribution in [-0.4, -0.2) is 42.3 Å². The minimum Gasteiger partial charge on any atom is -0.467 e. The topological polar surface area (TPSA) is 93.7 Å². The minimum absolute atomic E-state index is 0.336. The second-order valence-electron chi connectivity index (χ2n) is 9.47. The van der Waals surface area contributed by atoms with Gasteiger partial charge >= 0.3 is 12.1 Å². The van der Waals surface area contributed by atoms with Crippen LogP contribution in [-0.2, 0) is 14.3 Å². The number of aryl methyl sites for hydroxylation is 1. The van der Waals surface area contributed by atoms with E-state index in [9.17, 15) is 14.4 Å². The molecule has 0 saturated carbocycles. The third kappa shape index (κ3) is 7.96. The Kier molecular flexibility index (Phi) is 8.47. The molecule has 2 N–H and O–H groups in total. The lowest BCUT2D eigenvalue weighted by molar-refractivity contribution is -0.144. The molecule has 7 nitrogen and oxygen atoms in total. The second-order valence-corrected chi connectivity index (χ2v) is 9.47. The summed E-state index contributed by atoms with van der Waals surface area (Å²) in [5, 5.41) is 5.29. The quantitative estimate of drug-likeness (QED) is 0.516. The smallest absolute Gasteiger partial charge is 0.408 e. The molecular formula is C27H32N2O5. The SMILES string of the molecule is COC(=O)C(NC(=O)c1ccc(C#Cc2ccc(C)cc2)cc1)C(C)(C)NC(=O)OC(C)(C)C. The van der Waals surface area contributed by atoms with Gasteiger partial charge in [-0.05, 0) is 77.9 Å². The molecule has 2 aromatic rings. The van der Waals surface area contributed by atoms with Crippen molar-refractivity contribution in [2.24, 2.45) is 0 Å². The first-order valence-electron chi connectivity index (χ1n) is 10.9. The number of nitrogens with one attached hydrogen (secondary N) is 2. The Morgan fingerprint density at radius 1 is 0.853 bits per heavy atom. The first-order valence-corrected chi connectivity index (χ1v) is 10.9. The lowest BCUT2D eigenvalue weighted by Crippen LogP contribution is -2.62. The molecule has 2 amide bonds. The average molecular weight is 465 g/mol. The van der Waals surface area contributed by atoms with Crippen LogP contribution < -0.4 is 10.6 Å². The largest absolute Gasteiger partial charge is 0.467 e. The van der Waals surface area contributed by atoms with Crippen molar-refractivity contribution in [1.82, 2.24) is 10.6 Å². The van der Waals surface area contributed by atoms with Crippen molar-refractivity contribution in [3.8, 4) is 11.8 Å². The van der Waals surface area contributed by atoms with E-state index < -0.39 is 35.2 Å². The van der Waals surface area contributed by atoms with Crippen molar-refractivity contribution in [3.63, 3.8) is 0 Å². The van der Waals surface area contributed by atoms with E-state index in [0.717, 1.165) is 16.7 Å². The van der Waals surface area contributed by atoms with E-state index in [0.29, 0.717) is 5.56 Å². The Hall–Kier alpha value is -3.79. The molecule has 34 heavy (non-hydrogen) atoms. The molecule has 180 valence electrons. The molecule has 0 fully saturated rings. The van der Waals surface area contributed by atoms with Crippen molar-refractivity contribution in [2.75, 3.05) is 7.11 Å². The molecule has 0 aliphatic heterocycles. The normalized spacial score (nSPS) is 12.0. The highest BCUT2D eigenvalue weighted by atomic mass is 16.6. The third-order valence-electron chi connectivity index (χ3n) is 4.81. The van der Waals surface area contributed by atoms with Crippen molar-refractivity contribution in [1.29, 1.82) is 0 Å². The Bertz CT molecular complexity index is 1090. The molecule has 2 aromatic carbocycles. The van der Waals surface area contributed by atoms with Crippen LogP contribution in [0, 0.1) is 18.8 Å². The molecule has 1 unspecified atom stereocenters. The van der Waals surface area contributed by atoms with Gasteiger partial charge in [0.15, 0.2) is 0 Å². The Morgan fingerprint density at radius 3 is 1.82 bits per heavy atom. The highest BCUT2D eigenvalue weighted by Crippen LogP contribution is 2.15. The Balaban J connectivity index is 2.14. The van der Waals surface area contributed by atoms with Gasteiger partial charge in [-0.25, -0.2) is 9.59 Å². The first kappa shape index (κ1) is 26.5. The molecule has 0 heterocycles. The van der Waals surface area contributed by atoms with E-state index in [2.05, 4.69) is 22.5 Å². The summed E-state index contributed by atoms with van der Waals surface area (Å²) in [6.45, 7) is 10.4. The number of benzene rings is 2. The third-order valence-corrected chi connectivity index (χ3v) is 4.81. The molecule has 2 rings (SSSR count). The summed E-state index contributed by atoms with van der Waals surface area (Å²) in [5.74, 6) is 4.95. The standard InChI is InChI=1S/C27H32N2O5/c1-18-8-10-19(11-9-18)12-13-20-14-16-21(17-15-20)23(30)28-22(24(31)33-7)27(5,6)29-25(32)34-26(2,3)4/h8-11,14-17,22H,1-7H3,(H,28,30)(H,29,32). The van der Waals surface area contributed by atoms with E-state index in [-0.39, 0.29) is 0 Å². The fraction of sp³-hybridized carbons (Fsp3) is 0.370. The molecule has 0 aliphatic carbocycles. The Labute approximate surface area is 201 Å². The van der Waals surface area contributed by atoms with Crippen LogP contribution in [0.1, 0.15) is 61.7 Å². The number of esters is 1. The van der Waals surface area contributed by atoms with Crippen LogP contribution in [0.15, 0.2) is 48.5 Å². The van der Waals surface area contributed by atoms with E-state index in [1.165, 1.54) is 7.11 Å². The minimum atomic E-state index is -1.19. The number of hydrogen-bond acceptors (Lipinski definition) is 5. The summed E-state index contributed by atoms with van der Waals surface area (Å²) in [6, 6.07) is 13.4. The molecule has 7 heteroatoms. The molecule has 0 aliphatic rings. The monoisotopic (exact) mass is 464 g/mol. The zero-order valence-corrected chi connectivity index (χ0v) is 20.7. The van der Waals surface area contributed by atoms with Gasteiger partial charge < -0.3 is 20.1 Å². The molecule has 0 aromatic heterocycles. The number of carbonyl (C=O) groups excluding carboxylic acids is 3. The van der Waals surface area contributed by atoms with Crippen molar-refractivity contribution < 1.29 is 23.9 Å². The zero-order chi connectivity index (χ0) is 25.5. The summed E-state index contributed by atoms with van der Waals surface area (Å²) < 4.78 is 10.1. The number of ether oxygens (including phenoxy) is 2. The highest BCUT2D eigenvalue weighted by molar-refractivity contribution is 5.97. The highest BCUT2D eigenvalue weighted by Gasteiger charge is 2.39. The van der Waals surface area contributed by atoms with Gasteiger partial charge in [-0.3, -0.25) is 4.79 Å². The predicted octanol–water partition coefficient (Wildman–Crippen LogP) is 3.97. The summed E-state index contributed by atoms with van der Waals surface area (Å²) >= 11 is 0. The lowest BCUT2D eigenvalue weighted by Gasteiger charge is -2.34. The van der Waals surface area contributed by atoms with E-state index in [4.69, 9.17) is 9.47 Å². The molecule has 0 saturated heterocycles. The fourth-order valence-corrected chi connectivity index (χ4v) is 2.99. The van der Waals surface area contributed by atoms with E-state index in [1.54, 1.807) is 58.9 Å². The van der Waals surface area contributed by atoms with Crippen LogP contribution in [0.3, 0.4) is 0 Å². The number of methoxy groups -OCH3 is 1. The summed E-state index contributed by atoms with van der Waals surface area (Å²) in [4.78, 5) is 37.6. The van der Waals surface area contributed by atoms with Crippen LogP contribution in [0.5, 0.6) is 0 Å². The van der Waals surface area contributed by atoms with E-state index >= 15 is 0 Å². The van der Waals surface area contributed by atoms with Crippen LogP contribution in [0.4, 0.5) is 4.79 Å². The predicted molar refractivity (Wildman–Crippen MR) is 130 cm³/mol. The van der Waals surface area contributed by atoms with Gasteiger partial charge in [-0.1, -0.05) is 29.5 Å². The van der Waals surface area contributed by atoms with Gasteiger partial charge in [0.2, 0.25) is 0 Å². The van der Waals surface area contributed by atoms with Crippen LogP contribution >= 0.6 is 0 Å². The maximum atomic E-state index is 12.9. The molecule has 0 bridgehead atoms. The maximum Gasteiger partial charge on any atom is 0.408 e. The van der Waals surface area contributed by atoms with Crippen LogP contribution in [0.2, 0.25) is 0 Å². The molecule has 1 atom stereocenters. The lowest BCUT2D eigenvalue weighted by atomic mass is 9.94. The van der Waals surface area contributed by atoms with Gasteiger partial charge in [-0.2, -0.15) is 0 Å². The molecule has 0 spiro atoms. The van der Waals surface area contributed by atoms with Gasteiger partial charge in [0, 0.05) is 16.7 Å². The van der Waals surface area contributed by atoms with E-state index in [1.807, 2.05) is 31.2 Å². The maximum absolute atomic E-state index is 12.9. The average Bonchev–Trinajstić information content (AvgIpc) is 2.75. The number of alkyl carbamates (subject to hydrolysis) is 1. The van der Waals surface area contributed by atoms with Gasteiger partial charge in [0.05, 0.1) is 12.6 Å². The number of hydrogen-bond donors (Lipinski definition) is 2. The fourth-order valence-electron chi connectivity index (χ4n) is 2.99. The summed E-state index contributed by atoms with van der Waals surface area (Å²) in [5.41, 5.74) is 1.24. The number of carbonyl (C=O) groups is 3. The van der Waals surface area contributed by atoms with Crippen molar-refractivity contribution in [2.45, 2.75) is 58.7 Å². The first-order chi connectivity index (χ1) is 15.8. The summed E-state index contributed by atoms with van der Waals surface area (Å²) in [7, 11) is 1.21. The number of rotatable bonds is 5. The molecular weight excluding hydrogens is 432 g/mol. The summed E-state index contributed by atoms with van der Waals surface area (Å²) in [6.07, 6.45) is -0.711.